The van der Waals surface area contributed by atoms with Gasteiger partial charge in [-0.2, -0.15) is 5.10 Å². The highest BCUT2D eigenvalue weighted by molar-refractivity contribution is 5.83. The van der Waals surface area contributed by atoms with E-state index >= 15 is 0 Å². The number of aliphatic hydroxyl groups excluding tert-OH is 1. The topological polar surface area (TPSA) is 104 Å². The summed E-state index contributed by atoms with van der Waals surface area (Å²) in [7, 11) is 0. The summed E-state index contributed by atoms with van der Waals surface area (Å²) < 4.78 is 1.48. The zero-order valence-corrected chi connectivity index (χ0v) is 10.5. The number of amides is 1. The monoisotopic (exact) mass is 255 g/mol. The van der Waals surface area contributed by atoms with Gasteiger partial charge in [-0.3, -0.25) is 9.48 Å². The Hall–Kier alpha value is -1.89. The molecule has 1 aromatic heterocycles. The second-order valence-electron chi connectivity index (χ2n) is 4.21. The number of hydrogen-bond acceptors (Lipinski definition) is 4. The van der Waals surface area contributed by atoms with E-state index in [9.17, 15) is 14.7 Å². The maximum atomic E-state index is 11.6. The van der Waals surface area contributed by atoms with Gasteiger partial charge >= 0.3 is 5.97 Å². The number of aliphatic carboxylic acids is 1. The number of carboxylic acid groups (broad SMARTS) is 1. The van der Waals surface area contributed by atoms with E-state index in [-0.39, 0.29) is 6.54 Å². The Morgan fingerprint density at radius 2 is 2.11 bits per heavy atom. The van der Waals surface area contributed by atoms with Gasteiger partial charge in [0, 0.05) is 5.69 Å². The highest BCUT2D eigenvalue weighted by Gasteiger charge is 2.25. The normalized spacial score (nSPS) is 14.0. The molecule has 2 atom stereocenters. The van der Waals surface area contributed by atoms with Crippen molar-refractivity contribution in [2.24, 2.45) is 0 Å². The van der Waals surface area contributed by atoms with Gasteiger partial charge in [-0.25, -0.2) is 4.79 Å². The third-order valence-electron chi connectivity index (χ3n) is 2.46. The third kappa shape index (κ3) is 3.56. The van der Waals surface area contributed by atoms with Gasteiger partial charge in [-0.05, 0) is 26.8 Å². The molecule has 0 radical (unpaired) electrons. The lowest BCUT2D eigenvalue weighted by Crippen LogP contribution is -2.48. The second kappa shape index (κ2) is 5.63. The van der Waals surface area contributed by atoms with Crippen molar-refractivity contribution in [3.05, 3.63) is 17.5 Å². The minimum atomic E-state index is -1.31. The Labute approximate surface area is 104 Å². The predicted molar refractivity (Wildman–Crippen MR) is 62.9 cm³/mol. The Morgan fingerprint density at radius 1 is 1.50 bits per heavy atom. The van der Waals surface area contributed by atoms with Gasteiger partial charge in [-0.15, -0.1) is 0 Å². The SMILES string of the molecule is Cc1cc(C)n(CC(=O)NC(C(=O)O)C(C)O)n1. The van der Waals surface area contributed by atoms with Crippen LogP contribution in [0.2, 0.25) is 0 Å². The molecule has 100 valence electrons. The van der Waals surface area contributed by atoms with E-state index in [1.165, 1.54) is 11.6 Å². The number of aryl methyl sites for hydroxylation is 2. The number of carbonyl (C=O) groups excluding carboxylic acids is 1. The van der Waals surface area contributed by atoms with Gasteiger partial charge < -0.3 is 15.5 Å². The van der Waals surface area contributed by atoms with Gasteiger partial charge in [0.1, 0.15) is 6.54 Å². The van der Waals surface area contributed by atoms with Gasteiger partial charge in [0.25, 0.3) is 0 Å². The maximum absolute atomic E-state index is 11.6. The predicted octanol–water partition coefficient (Wildman–Crippen LogP) is -0.550. The second-order valence-corrected chi connectivity index (χ2v) is 4.21. The van der Waals surface area contributed by atoms with Crippen LogP contribution < -0.4 is 5.32 Å². The number of carboxylic acids is 1. The first-order valence-electron chi connectivity index (χ1n) is 5.52. The Balaban J connectivity index is 2.66. The van der Waals surface area contributed by atoms with Gasteiger partial charge in [0.15, 0.2) is 6.04 Å². The van der Waals surface area contributed by atoms with Crippen LogP contribution in [0, 0.1) is 13.8 Å². The number of nitrogens with zero attached hydrogens (tertiary/aromatic N) is 2. The van der Waals surface area contributed by atoms with Crippen molar-refractivity contribution in [3.8, 4) is 0 Å². The molecule has 0 bridgehead atoms. The summed E-state index contributed by atoms with van der Waals surface area (Å²) in [6.07, 6.45) is -1.16. The molecule has 0 saturated heterocycles. The highest BCUT2D eigenvalue weighted by Crippen LogP contribution is 2.01. The smallest absolute Gasteiger partial charge is 0.328 e. The number of aromatic nitrogens is 2. The van der Waals surface area contributed by atoms with Crippen molar-refractivity contribution in [2.75, 3.05) is 0 Å². The van der Waals surface area contributed by atoms with Crippen LogP contribution in [-0.2, 0) is 16.1 Å². The fourth-order valence-electron chi connectivity index (χ4n) is 1.58. The molecule has 0 saturated carbocycles. The van der Waals surface area contributed by atoms with E-state index in [4.69, 9.17) is 5.11 Å². The minimum absolute atomic E-state index is 0.0732. The number of rotatable bonds is 5. The van der Waals surface area contributed by atoms with Crippen molar-refractivity contribution in [2.45, 2.75) is 39.5 Å². The molecule has 1 amide bonds. The van der Waals surface area contributed by atoms with Crippen LogP contribution in [0.1, 0.15) is 18.3 Å². The van der Waals surface area contributed by atoms with Crippen LogP contribution in [0.25, 0.3) is 0 Å². The van der Waals surface area contributed by atoms with Crippen LogP contribution in [0.3, 0.4) is 0 Å². The number of nitrogens with one attached hydrogen (secondary N) is 1. The highest BCUT2D eigenvalue weighted by atomic mass is 16.4. The van der Waals surface area contributed by atoms with Gasteiger partial charge in [0.2, 0.25) is 5.91 Å². The molecule has 0 aliphatic rings. The summed E-state index contributed by atoms with van der Waals surface area (Å²) in [4.78, 5) is 22.4. The molecule has 7 heteroatoms. The summed E-state index contributed by atoms with van der Waals surface area (Å²) in [5.41, 5.74) is 1.59. The molecule has 1 heterocycles. The van der Waals surface area contributed by atoms with Crippen molar-refractivity contribution in [1.82, 2.24) is 15.1 Å². The molecule has 0 aliphatic heterocycles. The number of carbonyl (C=O) groups is 2. The molecular weight excluding hydrogens is 238 g/mol. The van der Waals surface area contributed by atoms with E-state index in [1.54, 1.807) is 13.8 Å². The Bertz CT molecular complexity index is 453. The average molecular weight is 255 g/mol. The van der Waals surface area contributed by atoms with E-state index in [0.29, 0.717) is 0 Å². The molecule has 0 fully saturated rings. The molecule has 0 aromatic carbocycles. The molecule has 7 nitrogen and oxygen atoms in total. The summed E-state index contributed by atoms with van der Waals surface area (Å²) >= 11 is 0. The fraction of sp³-hybridized carbons (Fsp3) is 0.545. The largest absolute Gasteiger partial charge is 0.480 e. The first-order valence-corrected chi connectivity index (χ1v) is 5.52. The molecule has 1 rings (SSSR count). The third-order valence-corrected chi connectivity index (χ3v) is 2.46. The van der Waals surface area contributed by atoms with Crippen molar-refractivity contribution in [3.63, 3.8) is 0 Å². The zero-order chi connectivity index (χ0) is 13.9. The Kier molecular flexibility index (Phi) is 4.43. The molecular formula is C11H17N3O4. The molecule has 1 aromatic rings. The van der Waals surface area contributed by atoms with E-state index in [0.717, 1.165) is 11.4 Å². The lowest BCUT2D eigenvalue weighted by atomic mass is 10.2. The fourth-order valence-corrected chi connectivity index (χ4v) is 1.58. The molecule has 2 unspecified atom stereocenters. The summed E-state index contributed by atoms with van der Waals surface area (Å²) in [5, 5.41) is 24.4. The van der Waals surface area contributed by atoms with E-state index in [2.05, 4.69) is 10.4 Å². The van der Waals surface area contributed by atoms with Crippen molar-refractivity contribution < 1.29 is 19.8 Å². The average Bonchev–Trinajstić information content (AvgIpc) is 2.53. The molecule has 0 spiro atoms. The first kappa shape index (κ1) is 14.2. The van der Waals surface area contributed by atoms with Gasteiger partial charge in [-0.1, -0.05) is 0 Å². The zero-order valence-electron chi connectivity index (χ0n) is 10.5. The van der Waals surface area contributed by atoms with Crippen LogP contribution in [0.5, 0.6) is 0 Å². The summed E-state index contributed by atoms with van der Waals surface area (Å²) in [5.74, 6) is -1.78. The molecule has 18 heavy (non-hydrogen) atoms. The summed E-state index contributed by atoms with van der Waals surface area (Å²) in [6, 6.07) is 0.505. The lowest BCUT2D eigenvalue weighted by molar-refractivity contribution is -0.144. The van der Waals surface area contributed by atoms with Crippen molar-refractivity contribution in [1.29, 1.82) is 0 Å². The van der Waals surface area contributed by atoms with Crippen LogP contribution in [-0.4, -0.2) is 44.0 Å². The van der Waals surface area contributed by atoms with Crippen molar-refractivity contribution >= 4 is 11.9 Å². The Morgan fingerprint density at radius 3 is 2.50 bits per heavy atom. The van der Waals surface area contributed by atoms with Crippen LogP contribution in [0.4, 0.5) is 0 Å². The summed E-state index contributed by atoms with van der Waals surface area (Å²) in [6.45, 7) is 4.84. The minimum Gasteiger partial charge on any atom is -0.480 e. The van der Waals surface area contributed by atoms with E-state index in [1.807, 2.05) is 6.07 Å². The van der Waals surface area contributed by atoms with Crippen LogP contribution >= 0.6 is 0 Å². The van der Waals surface area contributed by atoms with E-state index < -0.39 is 24.0 Å². The standard InChI is InChI=1S/C11H17N3O4/c1-6-4-7(2)14(13-6)5-9(16)12-10(8(3)15)11(17)18/h4,8,10,15H,5H2,1-3H3,(H,12,16)(H,17,18). The maximum Gasteiger partial charge on any atom is 0.328 e. The number of aliphatic hydroxyl groups is 1. The first-order chi connectivity index (χ1) is 8.31. The van der Waals surface area contributed by atoms with Gasteiger partial charge in [0.05, 0.1) is 11.8 Å². The lowest BCUT2D eigenvalue weighted by Gasteiger charge is -2.17. The van der Waals surface area contributed by atoms with Crippen LogP contribution in [0.15, 0.2) is 6.07 Å². The number of hydrogen-bond donors (Lipinski definition) is 3. The quantitative estimate of drug-likeness (QED) is 0.655. The molecule has 0 aliphatic carbocycles. The molecule has 3 N–H and O–H groups in total.